The molecule has 2 rings (SSSR count). The Morgan fingerprint density at radius 1 is 1.39 bits per heavy atom. The van der Waals surface area contributed by atoms with E-state index in [0.717, 1.165) is 23.4 Å². The maximum absolute atomic E-state index is 12.4. The molecule has 0 unspecified atom stereocenters. The Balaban J connectivity index is 2.42. The summed E-state index contributed by atoms with van der Waals surface area (Å²) in [6.07, 6.45) is 0.787. The molecule has 0 radical (unpaired) electrons. The fraction of sp³-hybridized carbons (Fsp3) is 0.500. The fourth-order valence-corrected chi connectivity index (χ4v) is 2.15. The van der Waals surface area contributed by atoms with E-state index >= 15 is 0 Å². The van der Waals surface area contributed by atoms with Crippen molar-refractivity contribution in [3.05, 3.63) is 23.8 Å². The summed E-state index contributed by atoms with van der Waals surface area (Å²) in [6, 6.07) is 5.90. The number of carbonyl (C=O) groups excluding carboxylic acids is 1. The molecule has 98 valence electrons. The highest BCUT2D eigenvalue weighted by Gasteiger charge is 2.40. The van der Waals surface area contributed by atoms with E-state index in [1.54, 1.807) is 18.7 Å². The molecule has 4 nitrogen and oxygen atoms in total. The van der Waals surface area contributed by atoms with Crippen molar-refractivity contribution in [1.82, 2.24) is 0 Å². The number of carbonyl (C=O) groups is 1. The van der Waals surface area contributed by atoms with Gasteiger partial charge >= 0.3 is 0 Å². The van der Waals surface area contributed by atoms with Gasteiger partial charge in [-0.05, 0) is 51.4 Å². The molecule has 0 fully saturated rings. The molecule has 0 saturated carbocycles. The van der Waals surface area contributed by atoms with E-state index in [0.29, 0.717) is 13.1 Å². The minimum Gasteiger partial charge on any atom is -0.476 e. The van der Waals surface area contributed by atoms with Crippen LogP contribution in [-0.2, 0) is 4.79 Å². The number of nitrogens with two attached hydrogens (primary N) is 1. The van der Waals surface area contributed by atoms with Crippen LogP contribution in [0.3, 0.4) is 0 Å². The van der Waals surface area contributed by atoms with Crippen LogP contribution < -0.4 is 15.4 Å². The van der Waals surface area contributed by atoms with E-state index in [9.17, 15) is 4.79 Å². The van der Waals surface area contributed by atoms with Gasteiger partial charge in [-0.1, -0.05) is 6.07 Å². The lowest BCUT2D eigenvalue weighted by atomic mass is 10.0. The third kappa shape index (κ3) is 2.20. The lowest BCUT2D eigenvalue weighted by molar-refractivity contribution is -0.132. The number of rotatable bonds is 3. The van der Waals surface area contributed by atoms with Crippen molar-refractivity contribution in [3.63, 3.8) is 0 Å². The van der Waals surface area contributed by atoms with E-state index in [-0.39, 0.29) is 5.91 Å². The Morgan fingerprint density at radius 3 is 2.78 bits per heavy atom. The van der Waals surface area contributed by atoms with Gasteiger partial charge in [0.2, 0.25) is 0 Å². The molecule has 0 atom stereocenters. The smallest absolute Gasteiger partial charge is 0.270 e. The van der Waals surface area contributed by atoms with Crippen LogP contribution in [0.4, 0.5) is 5.69 Å². The average Bonchev–Trinajstić information content (AvgIpc) is 2.29. The van der Waals surface area contributed by atoms with E-state index in [2.05, 4.69) is 0 Å². The zero-order valence-corrected chi connectivity index (χ0v) is 11.2. The van der Waals surface area contributed by atoms with E-state index < -0.39 is 5.60 Å². The zero-order chi connectivity index (χ0) is 13.3. The molecular formula is C14H20N2O2. The fourth-order valence-electron chi connectivity index (χ4n) is 2.15. The summed E-state index contributed by atoms with van der Waals surface area (Å²) >= 11 is 0. The number of ether oxygens (including phenoxy) is 1. The first kappa shape index (κ1) is 12.9. The van der Waals surface area contributed by atoms with Gasteiger partial charge in [0.25, 0.3) is 5.91 Å². The highest BCUT2D eigenvalue weighted by molar-refractivity contribution is 6.02. The van der Waals surface area contributed by atoms with Gasteiger partial charge < -0.3 is 15.4 Å². The Hall–Kier alpha value is -1.55. The Bertz CT molecular complexity index is 469. The van der Waals surface area contributed by atoms with Gasteiger partial charge in [-0.25, -0.2) is 0 Å². The maximum Gasteiger partial charge on any atom is 0.270 e. The molecule has 0 spiro atoms. The van der Waals surface area contributed by atoms with Crippen molar-refractivity contribution in [2.45, 2.75) is 32.8 Å². The Labute approximate surface area is 108 Å². The number of hydrogen-bond donors (Lipinski definition) is 1. The molecular weight excluding hydrogens is 228 g/mol. The molecule has 18 heavy (non-hydrogen) atoms. The lowest BCUT2D eigenvalue weighted by Crippen LogP contribution is -2.53. The third-order valence-corrected chi connectivity index (χ3v) is 3.12. The largest absolute Gasteiger partial charge is 0.476 e. The number of fused-ring (bicyclic) bond motifs is 1. The summed E-state index contributed by atoms with van der Waals surface area (Å²) in [7, 11) is 0. The van der Waals surface area contributed by atoms with Crippen LogP contribution in [0.5, 0.6) is 5.75 Å². The molecule has 0 saturated heterocycles. The van der Waals surface area contributed by atoms with Crippen LogP contribution in [0, 0.1) is 6.92 Å². The third-order valence-electron chi connectivity index (χ3n) is 3.12. The second-order valence-electron chi connectivity index (χ2n) is 5.18. The van der Waals surface area contributed by atoms with Crippen LogP contribution in [0.25, 0.3) is 0 Å². The minimum absolute atomic E-state index is 0.00713. The second-order valence-corrected chi connectivity index (χ2v) is 5.18. The van der Waals surface area contributed by atoms with Gasteiger partial charge in [0.05, 0.1) is 5.69 Å². The standard InChI is InChI=1S/C14H20N2O2/c1-10-5-6-11-12(9-10)18-14(2,3)13(17)16(11)8-4-7-15/h5-6,9H,4,7-8,15H2,1-3H3. The molecule has 0 aromatic heterocycles. The first-order valence-corrected chi connectivity index (χ1v) is 6.27. The molecule has 1 amide bonds. The van der Waals surface area contributed by atoms with Crippen LogP contribution in [-0.4, -0.2) is 24.6 Å². The highest BCUT2D eigenvalue weighted by atomic mass is 16.5. The molecule has 0 bridgehead atoms. The number of anilines is 1. The predicted octanol–water partition coefficient (Wildman–Crippen LogP) is 1.85. The molecule has 1 heterocycles. The first-order valence-electron chi connectivity index (χ1n) is 6.27. The maximum atomic E-state index is 12.4. The van der Waals surface area contributed by atoms with Crippen LogP contribution >= 0.6 is 0 Å². The van der Waals surface area contributed by atoms with Crippen molar-refractivity contribution in [2.75, 3.05) is 18.0 Å². The van der Waals surface area contributed by atoms with E-state index in [4.69, 9.17) is 10.5 Å². The summed E-state index contributed by atoms with van der Waals surface area (Å²) in [6.45, 7) is 6.83. The lowest BCUT2D eigenvalue weighted by Gasteiger charge is -2.39. The van der Waals surface area contributed by atoms with Crippen molar-refractivity contribution in [1.29, 1.82) is 0 Å². The predicted molar refractivity (Wildman–Crippen MR) is 71.9 cm³/mol. The molecule has 2 N–H and O–H groups in total. The Kier molecular flexibility index (Phi) is 3.30. The van der Waals surface area contributed by atoms with E-state index in [1.165, 1.54) is 0 Å². The van der Waals surface area contributed by atoms with Crippen molar-refractivity contribution >= 4 is 11.6 Å². The van der Waals surface area contributed by atoms with Crippen LogP contribution in [0.15, 0.2) is 18.2 Å². The molecule has 4 heteroatoms. The number of nitrogens with zero attached hydrogens (tertiary/aromatic N) is 1. The molecule has 0 aliphatic carbocycles. The van der Waals surface area contributed by atoms with Gasteiger partial charge in [0, 0.05) is 6.54 Å². The average molecular weight is 248 g/mol. The summed E-state index contributed by atoms with van der Waals surface area (Å²) in [4.78, 5) is 14.1. The van der Waals surface area contributed by atoms with E-state index in [1.807, 2.05) is 25.1 Å². The summed E-state index contributed by atoms with van der Waals surface area (Å²) in [5.74, 6) is 0.768. The van der Waals surface area contributed by atoms with Gasteiger partial charge in [0.15, 0.2) is 5.60 Å². The molecule has 1 aliphatic rings. The number of aryl methyl sites for hydroxylation is 1. The van der Waals surface area contributed by atoms with Gasteiger partial charge in [-0.3, -0.25) is 4.79 Å². The number of benzene rings is 1. The second kappa shape index (κ2) is 4.61. The molecule has 1 aromatic rings. The van der Waals surface area contributed by atoms with Gasteiger partial charge in [-0.15, -0.1) is 0 Å². The van der Waals surface area contributed by atoms with Gasteiger partial charge in [-0.2, -0.15) is 0 Å². The number of amides is 1. The van der Waals surface area contributed by atoms with Crippen LogP contribution in [0.2, 0.25) is 0 Å². The quantitative estimate of drug-likeness (QED) is 0.888. The van der Waals surface area contributed by atoms with Gasteiger partial charge in [0.1, 0.15) is 5.75 Å². The summed E-state index contributed by atoms with van der Waals surface area (Å²) in [5, 5.41) is 0. The Morgan fingerprint density at radius 2 is 2.11 bits per heavy atom. The molecule has 1 aromatic carbocycles. The zero-order valence-electron chi connectivity index (χ0n) is 11.2. The summed E-state index contributed by atoms with van der Waals surface area (Å²) < 4.78 is 5.80. The minimum atomic E-state index is -0.810. The highest BCUT2D eigenvalue weighted by Crippen LogP contribution is 2.38. The van der Waals surface area contributed by atoms with Crippen molar-refractivity contribution in [2.24, 2.45) is 5.73 Å². The topological polar surface area (TPSA) is 55.6 Å². The van der Waals surface area contributed by atoms with Crippen molar-refractivity contribution in [3.8, 4) is 5.75 Å². The first-order chi connectivity index (χ1) is 8.45. The summed E-state index contributed by atoms with van der Waals surface area (Å²) in [5.41, 5.74) is 6.69. The number of hydrogen-bond acceptors (Lipinski definition) is 3. The van der Waals surface area contributed by atoms with Crippen LogP contribution in [0.1, 0.15) is 25.8 Å². The SMILES string of the molecule is Cc1ccc2c(c1)OC(C)(C)C(=O)N2CCCN. The monoisotopic (exact) mass is 248 g/mol. The van der Waals surface area contributed by atoms with Crippen molar-refractivity contribution < 1.29 is 9.53 Å². The normalized spacial score (nSPS) is 17.3. The molecule has 1 aliphatic heterocycles.